The molecule has 1 nitrogen and oxygen atoms in total. The molecule has 0 saturated heterocycles. The minimum atomic E-state index is -3.18. The summed E-state index contributed by atoms with van der Waals surface area (Å²) in [7, 11) is 0. The third-order valence-corrected chi connectivity index (χ3v) is 1.10. The lowest BCUT2D eigenvalue weighted by molar-refractivity contribution is -0.126. The summed E-state index contributed by atoms with van der Waals surface area (Å²) < 4.78 is 22.9. The monoisotopic (exact) mass is 172 g/mol. The Bertz CT molecular complexity index is 73.3. The molecule has 0 saturated carbocycles. The smallest absolute Gasteiger partial charge is 0.297 e. The number of hydrogen-bond acceptors (Lipinski definition) is 1. The summed E-state index contributed by atoms with van der Waals surface area (Å²) in [5, 5.41) is -0.594. The molecule has 42 valence electrons. The van der Waals surface area contributed by atoms with Gasteiger partial charge in [-0.05, 0) is 0 Å². The maximum atomic E-state index is 11.5. The highest BCUT2D eigenvalue weighted by Crippen LogP contribution is 2.11. The number of carbonyl (C=O) groups is 1. The van der Waals surface area contributed by atoms with Crippen LogP contribution in [0.4, 0.5) is 8.78 Å². The predicted octanol–water partition coefficient (Wildman–Crippen LogP) is 1.22. The van der Waals surface area contributed by atoms with Crippen molar-refractivity contribution in [2.24, 2.45) is 0 Å². The first-order valence-corrected chi connectivity index (χ1v) is 2.64. The number of rotatable bonds is 2. The molecule has 0 heterocycles. The maximum absolute atomic E-state index is 11.5. The first-order valence-electron chi connectivity index (χ1n) is 1.52. The third kappa shape index (κ3) is 2.68. The lowest BCUT2D eigenvalue weighted by Crippen LogP contribution is -2.18. The second kappa shape index (κ2) is 2.35. The van der Waals surface area contributed by atoms with Crippen molar-refractivity contribution < 1.29 is 13.6 Å². The van der Waals surface area contributed by atoms with E-state index in [9.17, 15) is 13.6 Å². The number of aldehydes is 1. The molecule has 0 radical (unpaired) electrons. The van der Waals surface area contributed by atoms with Crippen molar-refractivity contribution in [1.29, 1.82) is 0 Å². The van der Waals surface area contributed by atoms with Gasteiger partial charge >= 0.3 is 5.92 Å². The van der Waals surface area contributed by atoms with Gasteiger partial charge in [-0.1, -0.05) is 15.9 Å². The molecule has 0 aliphatic heterocycles. The normalized spacial score (nSPS) is 11.3. The summed E-state index contributed by atoms with van der Waals surface area (Å²) in [6, 6.07) is 0. The van der Waals surface area contributed by atoms with E-state index in [0.717, 1.165) is 0 Å². The lowest BCUT2D eigenvalue weighted by Gasteiger charge is -1.99. The molecule has 0 aliphatic rings. The van der Waals surface area contributed by atoms with E-state index in [4.69, 9.17) is 0 Å². The standard InChI is InChI=1S/C3H3BrF2O/c4-1-3(5,6)2-7/h2H,1H2. The van der Waals surface area contributed by atoms with Crippen LogP contribution in [0.2, 0.25) is 0 Å². The number of halogens is 3. The summed E-state index contributed by atoms with van der Waals surface area (Å²) in [6.07, 6.45) is -0.387. The fourth-order valence-corrected chi connectivity index (χ4v) is 0.164. The second-order valence-corrected chi connectivity index (χ2v) is 1.57. The molecule has 7 heavy (non-hydrogen) atoms. The Morgan fingerprint density at radius 2 is 2.14 bits per heavy atom. The molecule has 0 aromatic heterocycles. The molecule has 0 amide bonds. The largest absolute Gasteiger partial charge is 0.311 e. The zero-order chi connectivity index (χ0) is 5.91. The van der Waals surface area contributed by atoms with Crippen LogP contribution in [-0.4, -0.2) is 17.5 Å². The van der Waals surface area contributed by atoms with Gasteiger partial charge in [-0.25, -0.2) is 0 Å². The summed E-state index contributed by atoms with van der Waals surface area (Å²) in [5.74, 6) is -3.18. The molecule has 0 rings (SSSR count). The fraction of sp³-hybridized carbons (Fsp3) is 0.667. The van der Waals surface area contributed by atoms with Crippen LogP contribution in [0.15, 0.2) is 0 Å². The third-order valence-electron chi connectivity index (χ3n) is 0.351. The van der Waals surface area contributed by atoms with Crippen LogP contribution < -0.4 is 0 Å². The quantitative estimate of drug-likeness (QED) is 0.453. The Hall–Kier alpha value is 0.01000. The lowest BCUT2D eigenvalue weighted by atomic mass is 10.5. The van der Waals surface area contributed by atoms with Crippen molar-refractivity contribution in [3.63, 3.8) is 0 Å². The van der Waals surface area contributed by atoms with Gasteiger partial charge < -0.3 is 0 Å². The molecule has 0 N–H and O–H groups in total. The van der Waals surface area contributed by atoms with Gasteiger partial charge in [0.05, 0.1) is 5.33 Å². The fourth-order valence-electron chi connectivity index (χ4n) is 0.0315. The average molecular weight is 173 g/mol. The first kappa shape index (κ1) is 7.01. The van der Waals surface area contributed by atoms with Crippen molar-refractivity contribution in [3.05, 3.63) is 0 Å². The van der Waals surface area contributed by atoms with Crippen molar-refractivity contribution in [2.45, 2.75) is 5.92 Å². The van der Waals surface area contributed by atoms with Gasteiger partial charge in [0.25, 0.3) is 0 Å². The summed E-state index contributed by atoms with van der Waals surface area (Å²) >= 11 is 2.45. The Morgan fingerprint density at radius 3 is 2.14 bits per heavy atom. The van der Waals surface area contributed by atoms with Crippen molar-refractivity contribution >= 4 is 22.2 Å². The highest BCUT2D eigenvalue weighted by atomic mass is 79.9. The van der Waals surface area contributed by atoms with Crippen LogP contribution in [0, 0.1) is 0 Å². The topological polar surface area (TPSA) is 17.1 Å². The molecule has 4 heteroatoms. The maximum Gasteiger partial charge on any atom is 0.311 e. The van der Waals surface area contributed by atoms with E-state index in [0.29, 0.717) is 0 Å². The zero-order valence-electron chi connectivity index (χ0n) is 3.33. The highest BCUT2D eigenvalue weighted by molar-refractivity contribution is 9.09. The van der Waals surface area contributed by atoms with E-state index in [1.807, 2.05) is 0 Å². The average Bonchev–Trinajstić information content (AvgIpc) is 1.68. The Morgan fingerprint density at radius 1 is 1.71 bits per heavy atom. The van der Waals surface area contributed by atoms with Crippen LogP contribution in [0.5, 0.6) is 0 Å². The van der Waals surface area contributed by atoms with Gasteiger partial charge in [-0.15, -0.1) is 0 Å². The molecular weight excluding hydrogens is 170 g/mol. The summed E-state index contributed by atoms with van der Waals surface area (Å²) in [5.41, 5.74) is 0. The zero-order valence-corrected chi connectivity index (χ0v) is 4.91. The van der Waals surface area contributed by atoms with Crippen LogP contribution in [0.3, 0.4) is 0 Å². The van der Waals surface area contributed by atoms with Gasteiger partial charge in [0.1, 0.15) is 0 Å². The molecule has 0 atom stereocenters. The molecule has 0 bridgehead atoms. The number of alkyl halides is 3. The van der Waals surface area contributed by atoms with E-state index in [1.165, 1.54) is 0 Å². The van der Waals surface area contributed by atoms with E-state index in [-0.39, 0.29) is 6.29 Å². The number of hydrogen-bond donors (Lipinski definition) is 0. The Labute approximate surface area is 47.8 Å². The molecule has 0 spiro atoms. The van der Waals surface area contributed by atoms with E-state index >= 15 is 0 Å². The molecular formula is C3H3BrF2O. The van der Waals surface area contributed by atoms with Gasteiger partial charge in [-0.2, -0.15) is 8.78 Å². The molecule has 0 unspecified atom stereocenters. The molecule has 0 aliphatic carbocycles. The van der Waals surface area contributed by atoms with Crippen LogP contribution in [0.25, 0.3) is 0 Å². The summed E-state index contributed by atoms with van der Waals surface area (Å²) in [4.78, 5) is 9.28. The number of carbonyl (C=O) groups excluding carboxylic acids is 1. The second-order valence-electron chi connectivity index (χ2n) is 1.01. The van der Waals surface area contributed by atoms with E-state index in [2.05, 4.69) is 15.9 Å². The minimum absolute atomic E-state index is 0.387. The van der Waals surface area contributed by atoms with Crippen molar-refractivity contribution in [1.82, 2.24) is 0 Å². The van der Waals surface area contributed by atoms with Gasteiger partial charge in [-0.3, -0.25) is 4.79 Å². The van der Waals surface area contributed by atoms with E-state index < -0.39 is 11.3 Å². The van der Waals surface area contributed by atoms with Crippen LogP contribution in [-0.2, 0) is 4.79 Å². The molecule has 0 aromatic rings. The van der Waals surface area contributed by atoms with Gasteiger partial charge in [0.15, 0.2) is 6.29 Å². The Kier molecular flexibility index (Phi) is 2.35. The molecule has 0 fully saturated rings. The van der Waals surface area contributed by atoms with E-state index in [1.54, 1.807) is 0 Å². The highest BCUT2D eigenvalue weighted by Gasteiger charge is 2.25. The minimum Gasteiger partial charge on any atom is -0.297 e. The Balaban J connectivity index is 3.58. The SMILES string of the molecule is O=CC(F)(F)CBr. The van der Waals surface area contributed by atoms with Gasteiger partial charge in [0, 0.05) is 0 Å². The van der Waals surface area contributed by atoms with Crippen molar-refractivity contribution in [3.8, 4) is 0 Å². The predicted molar refractivity (Wildman–Crippen MR) is 24.8 cm³/mol. The van der Waals surface area contributed by atoms with Crippen LogP contribution in [0.1, 0.15) is 0 Å². The summed E-state index contributed by atoms with van der Waals surface area (Å²) in [6.45, 7) is 0. The van der Waals surface area contributed by atoms with Gasteiger partial charge in [0.2, 0.25) is 0 Å². The molecule has 0 aromatic carbocycles. The first-order chi connectivity index (χ1) is 3.12. The van der Waals surface area contributed by atoms with Crippen LogP contribution >= 0.6 is 15.9 Å². The van der Waals surface area contributed by atoms with Crippen molar-refractivity contribution in [2.75, 3.05) is 5.33 Å².